The lowest BCUT2D eigenvalue weighted by Crippen LogP contribution is -2.62. The number of fused-ring (bicyclic) bond motifs is 2. The molecule has 0 aromatic carbocycles. The Morgan fingerprint density at radius 1 is 1.53 bits per heavy atom. The van der Waals surface area contributed by atoms with Gasteiger partial charge in [-0.05, 0) is 25.2 Å². The second-order valence-electron chi connectivity index (χ2n) is 5.90. The fourth-order valence-corrected chi connectivity index (χ4v) is 3.75. The van der Waals surface area contributed by atoms with Crippen LogP contribution in [0.4, 0.5) is 0 Å². The molecule has 4 atom stereocenters. The predicted molar refractivity (Wildman–Crippen MR) is 65.7 cm³/mol. The zero-order chi connectivity index (χ0) is 12.7. The van der Waals surface area contributed by atoms with Crippen LogP contribution in [0.3, 0.4) is 0 Å². The molecule has 2 saturated heterocycles. The Morgan fingerprint density at radius 2 is 2.24 bits per heavy atom. The van der Waals surface area contributed by atoms with Crippen LogP contribution in [0, 0.1) is 11.3 Å². The van der Waals surface area contributed by atoms with Crippen LogP contribution in [0.1, 0.15) is 33.1 Å². The van der Waals surface area contributed by atoms with Crippen molar-refractivity contribution in [2.45, 2.75) is 50.9 Å². The first-order valence-electron chi connectivity index (χ1n) is 6.57. The van der Waals surface area contributed by atoms with E-state index in [1.807, 2.05) is 13.8 Å². The van der Waals surface area contributed by atoms with E-state index in [0.29, 0.717) is 13.2 Å². The Balaban J connectivity index is 2.32. The number of hydrogen-bond donors (Lipinski definition) is 2. The maximum atomic E-state index is 11.1. The Kier molecular flexibility index (Phi) is 3.51. The number of nitrogens with two attached hydrogens (primary N) is 1. The molecule has 4 nitrogen and oxygen atoms in total. The first kappa shape index (κ1) is 13.3. The molecule has 0 radical (unpaired) electrons. The molecule has 0 saturated carbocycles. The average Bonchev–Trinajstić information content (AvgIpc) is 2.89. The molecule has 2 rings (SSSR count). The summed E-state index contributed by atoms with van der Waals surface area (Å²) in [5.74, 6) is 0.106. The molecule has 4 heteroatoms. The molecule has 0 aromatic rings. The Labute approximate surface area is 103 Å². The van der Waals surface area contributed by atoms with Gasteiger partial charge < -0.3 is 20.3 Å². The van der Waals surface area contributed by atoms with E-state index in [0.717, 1.165) is 19.3 Å². The van der Waals surface area contributed by atoms with Crippen molar-refractivity contribution < 1.29 is 14.6 Å². The molecule has 4 unspecified atom stereocenters. The molecular formula is C13H25NO3. The summed E-state index contributed by atoms with van der Waals surface area (Å²) in [4.78, 5) is 0. The van der Waals surface area contributed by atoms with Gasteiger partial charge in [0.15, 0.2) is 0 Å². The van der Waals surface area contributed by atoms with E-state index >= 15 is 0 Å². The van der Waals surface area contributed by atoms with Gasteiger partial charge in [0.25, 0.3) is 0 Å². The van der Waals surface area contributed by atoms with E-state index in [9.17, 15) is 5.11 Å². The summed E-state index contributed by atoms with van der Waals surface area (Å²) in [5, 5.41) is 11.1. The SMILES string of the molecule is COCC(O)(C(C)C)C1(CN)CC2CCC1O2. The Bertz CT molecular complexity index is 284. The van der Waals surface area contributed by atoms with Gasteiger partial charge in [-0.1, -0.05) is 13.8 Å². The van der Waals surface area contributed by atoms with Crippen LogP contribution in [-0.2, 0) is 9.47 Å². The summed E-state index contributed by atoms with van der Waals surface area (Å²) in [6.45, 7) is 4.85. The number of aliphatic hydroxyl groups is 1. The van der Waals surface area contributed by atoms with Gasteiger partial charge >= 0.3 is 0 Å². The highest BCUT2D eigenvalue weighted by atomic mass is 16.5. The summed E-state index contributed by atoms with van der Waals surface area (Å²) in [7, 11) is 1.63. The van der Waals surface area contributed by atoms with Crippen molar-refractivity contribution in [1.82, 2.24) is 0 Å². The van der Waals surface area contributed by atoms with Crippen molar-refractivity contribution in [2.24, 2.45) is 17.1 Å². The average molecular weight is 243 g/mol. The van der Waals surface area contributed by atoms with Gasteiger partial charge in [-0.2, -0.15) is 0 Å². The van der Waals surface area contributed by atoms with E-state index in [1.165, 1.54) is 0 Å². The Hall–Kier alpha value is -0.160. The zero-order valence-electron chi connectivity index (χ0n) is 11.1. The van der Waals surface area contributed by atoms with E-state index in [1.54, 1.807) is 7.11 Å². The van der Waals surface area contributed by atoms with Gasteiger partial charge in [0.2, 0.25) is 0 Å². The van der Waals surface area contributed by atoms with Crippen LogP contribution in [0.5, 0.6) is 0 Å². The van der Waals surface area contributed by atoms with Crippen molar-refractivity contribution in [3.8, 4) is 0 Å². The highest BCUT2D eigenvalue weighted by Gasteiger charge is 2.63. The predicted octanol–water partition coefficient (Wildman–Crippen LogP) is 0.916. The third kappa shape index (κ3) is 1.73. The molecule has 2 aliphatic heterocycles. The minimum absolute atomic E-state index is 0.0973. The molecule has 0 aromatic heterocycles. The van der Waals surface area contributed by atoms with Crippen molar-refractivity contribution in [1.29, 1.82) is 0 Å². The number of hydrogen-bond acceptors (Lipinski definition) is 4. The number of ether oxygens (including phenoxy) is 2. The minimum atomic E-state index is -0.893. The largest absolute Gasteiger partial charge is 0.386 e. The molecule has 2 bridgehead atoms. The summed E-state index contributed by atoms with van der Waals surface area (Å²) < 4.78 is 11.2. The highest BCUT2D eigenvalue weighted by Crippen LogP contribution is 2.55. The molecular weight excluding hydrogens is 218 g/mol. The monoisotopic (exact) mass is 243 g/mol. The first-order chi connectivity index (χ1) is 8.00. The summed E-state index contributed by atoms with van der Waals surface area (Å²) in [6, 6.07) is 0. The lowest BCUT2D eigenvalue weighted by molar-refractivity contribution is -0.170. The van der Waals surface area contributed by atoms with Crippen molar-refractivity contribution in [3.05, 3.63) is 0 Å². The quantitative estimate of drug-likeness (QED) is 0.753. The molecule has 3 N–H and O–H groups in total. The van der Waals surface area contributed by atoms with Crippen LogP contribution in [0.2, 0.25) is 0 Å². The van der Waals surface area contributed by atoms with Crippen LogP contribution < -0.4 is 5.73 Å². The smallest absolute Gasteiger partial charge is 0.0996 e. The van der Waals surface area contributed by atoms with Crippen molar-refractivity contribution in [2.75, 3.05) is 20.3 Å². The number of methoxy groups -OCH3 is 1. The minimum Gasteiger partial charge on any atom is -0.386 e. The summed E-state index contributed by atoms with van der Waals surface area (Å²) in [6.07, 6.45) is 3.37. The normalized spacial score (nSPS) is 39.9. The van der Waals surface area contributed by atoms with Crippen LogP contribution in [-0.4, -0.2) is 43.2 Å². The van der Waals surface area contributed by atoms with E-state index in [-0.39, 0.29) is 23.5 Å². The summed E-state index contributed by atoms with van der Waals surface area (Å²) >= 11 is 0. The molecule has 0 spiro atoms. The molecule has 17 heavy (non-hydrogen) atoms. The van der Waals surface area contributed by atoms with Gasteiger partial charge in [0.05, 0.1) is 24.4 Å². The fourth-order valence-electron chi connectivity index (χ4n) is 3.75. The van der Waals surface area contributed by atoms with Crippen LogP contribution in [0.25, 0.3) is 0 Å². The molecule has 2 fully saturated rings. The maximum Gasteiger partial charge on any atom is 0.0996 e. The van der Waals surface area contributed by atoms with Gasteiger partial charge in [0.1, 0.15) is 0 Å². The molecule has 100 valence electrons. The number of rotatable bonds is 5. The zero-order valence-corrected chi connectivity index (χ0v) is 11.1. The second-order valence-corrected chi connectivity index (χ2v) is 5.90. The third-order valence-corrected chi connectivity index (χ3v) is 4.86. The molecule has 0 aliphatic carbocycles. The summed E-state index contributed by atoms with van der Waals surface area (Å²) in [5.41, 5.74) is 4.79. The van der Waals surface area contributed by atoms with Gasteiger partial charge in [-0.15, -0.1) is 0 Å². The maximum absolute atomic E-state index is 11.1. The topological polar surface area (TPSA) is 64.7 Å². The Morgan fingerprint density at radius 3 is 2.59 bits per heavy atom. The molecule has 2 heterocycles. The standard InChI is InChI=1S/C13H25NO3/c1-9(2)13(15,8-16-3)12(7-14)6-10-4-5-11(12)17-10/h9-11,15H,4-8,14H2,1-3H3. The lowest BCUT2D eigenvalue weighted by atomic mass is 9.59. The van der Waals surface area contributed by atoms with E-state index < -0.39 is 5.60 Å². The van der Waals surface area contributed by atoms with Crippen molar-refractivity contribution in [3.63, 3.8) is 0 Å². The highest BCUT2D eigenvalue weighted by molar-refractivity contribution is 5.12. The van der Waals surface area contributed by atoms with Gasteiger partial charge in [-0.25, -0.2) is 0 Å². The first-order valence-corrected chi connectivity index (χ1v) is 6.57. The van der Waals surface area contributed by atoms with Crippen molar-refractivity contribution >= 4 is 0 Å². The van der Waals surface area contributed by atoms with Gasteiger partial charge in [-0.3, -0.25) is 0 Å². The lowest BCUT2D eigenvalue weighted by Gasteiger charge is -2.50. The van der Waals surface area contributed by atoms with Crippen LogP contribution in [0.15, 0.2) is 0 Å². The molecule has 0 amide bonds. The van der Waals surface area contributed by atoms with E-state index in [2.05, 4.69) is 0 Å². The van der Waals surface area contributed by atoms with Gasteiger partial charge in [0, 0.05) is 19.1 Å². The second kappa shape index (κ2) is 4.50. The van der Waals surface area contributed by atoms with Crippen LogP contribution >= 0.6 is 0 Å². The molecule has 2 aliphatic rings. The fraction of sp³-hybridized carbons (Fsp3) is 1.00. The van der Waals surface area contributed by atoms with E-state index in [4.69, 9.17) is 15.2 Å². The third-order valence-electron chi connectivity index (χ3n) is 4.86.